The summed E-state index contributed by atoms with van der Waals surface area (Å²) in [6, 6.07) is 4.42. The maximum absolute atomic E-state index is 12.1. The Morgan fingerprint density at radius 1 is 1.32 bits per heavy atom. The van der Waals surface area contributed by atoms with Crippen LogP contribution in [0.5, 0.6) is 5.75 Å². The first-order chi connectivity index (χ1) is 11.8. The lowest BCUT2D eigenvalue weighted by atomic mass is 10.3. The molecule has 0 saturated heterocycles. The zero-order valence-corrected chi connectivity index (χ0v) is 14.8. The molecular weight excluding hydrogens is 346 g/mol. The first-order valence-electron chi connectivity index (χ1n) is 7.64. The lowest BCUT2D eigenvalue weighted by Crippen LogP contribution is -2.33. The fourth-order valence-electron chi connectivity index (χ4n) is 1.99. The van der Waals surface area contributed by atoms with Gasteiger partial charge in [0, 0.05) is 23.8 Å². The Hall–Kier alpha value is -2.42. The van der Waals surface area contributed by atoms with Crippen molar-refractivity contribution >= 4 is 29.1 Å². The average Bonchev–Trinajstić information content (AvgIpc) is 2.53. The molecule has 0 saturated carbocycles. The predicted molar refractivity (Wildman–Crippen MR) is 96.6 cm³/mol. The van der Waals surface area contributed by atoms with E-state index in [1.54, 1.807) is 32.3 Å². The van der Waals surface area contributed by atoms with Crippen LogP contribution in [-0.4, -0.2) is 47.9 Å². The minimum absolute atomic E-state index is 0.319. The molecule has 0 aliphatic rings. The van der Waals surface area contributed by atoms with Crippen LogP contribution in [0.4, 0.5) is 16.3 Å². The topological polar surface area (TPSA) is 99.2 Å². The zero-order chi connectivity index (χ0) is 18.3. The second kappa shape index (κ2) is 8.61. The highest BCUT2D eigenvalue weighted by molar-refractivity contribution is 6.31. The van der Waals surface area contributed by atoms with E-state index < -0.39 is 6.03 Å². The Morgan fingerprint density at radius 2 is 2.12 bits per heavy atom. The number of carbonyl (C=O) groups excluding carboxylic acids is 1. The summed E-state index contributed by atoms with van der Waals surface area (Å²) in [5.41, 5.74) is 0.421. The van der Waals surface area contributed by atoms with E-state index in [1.165, 1.54) is 18.6 Å². The number of aromatic nitrogens is 2. The molecule has 0 aliphatic carbocycles. The van der Waals surface area contributed by atoms with Crippen LogP contribution in [0.1, 0.15) is 6.42 Å². The van der Waals surface area contributed by atoms with Crippen LogP contribution in [0.15, 0.2) is 36.8 Å². The largest absolute Gasteiger partial charge is 0.633 e. The van der Waals surface area contributed by atoms with Gasteiger partial charge >= 0.3 is 6.03 Å². The van der Waals surface area contributed by atoms with E-state index >= 15 is 0 Å². The van der Waals surface area contributed by atoms with E-state index in [0.717, 1.165) is 0 Å². The van der Waals surface area contributed by atoms with Crippen LogP contribution in [0.3, 0.4) is 0 Å². The third kappa shape index (κ3) is 6.92. The van der Waals surface area contributed by atoms with E-state index in [1.807, 2.05) is 0 Å². The zero-order valence-electron chi connectivity index (χ0n) is 14.0. The number of ether oxygens (including phenoxy) is 1. The Morgan fingerprint density at radius 3 is 2.80 bits per heavy atom. The van der Waals surface area contributed by atoms with Gasteiger partial charge in [-0.05, 0) is 18.2 Å². The maximum atomic E-state index is 12.1. The number of hydrogen-bond acceptors (Lipinski definition) is 5. The molecule has 2 rings (SSSR count). The molecule has 1 aromatic heterocycles. The number of amides is 2. The Labute approximate surface area is 151 Å². The summed E-state index contributed by atoms with van der Waals surface area (Å²) in [4.78, 5) is 19.9. The van der Waals surface area contributed by atoms with Gasteiger partial charge in [0.2, 0.25) is 0 Å². The first kappa shape index (κ1) is 18.9. The molecule has 134 valence electrons. The maximum Gasteiger partial charge on any atom is 0.325 e. The van der Waals surface area contributed by atoms with Crippen LogP contribution >= 0.6 is 11.6 Å². The number of halogens is 1. The van der Waals surface area contributed by atoms with Crippen molar-refractivity contribution in [2.75, 3.05) is 37.9 Å². The standard InChI is InChI=1S/C16H20ClN5O3/c1-22(2,24)8-3-9-25-14-5-4-12(17)10-13(14)20-16(23)21-15-11-18-6-7-19-15/h4-7,10-11H,3,8-9H2,1-2H3,(H2,19,20,21,23). The van der Waals surface area contributed by atoms with Crippen LogP contribution in [0.25, 0.3) is 0 Å². The quantitative estimate of drug-likeness (QED) is 0.446. The smallest absolute Gasteiger partial charge is 0.325 e. The van der Waals surface area contributed by atoms with Gasteiger partial charge in [-0.1, -0.05) is 11.6 Å². The summed E-state index contributed by atoms with van der Waals surface area (Å²) in [5, 5.41) is 17.2. The molecule has 25 heavy (non-hydrogen) atoms. The van der Waals surface area contributed by atoms with Crippen molar-refractivity contribution in [3.63, 3.8) is 0 Å². The monoisotopic (exact) mass is 365 g/mol. The van der Waals surface area contributed by atoms with Crippen molar-refractivity contribution in [2.45, 2.75) is 6.42 Å². The molecule has 0 aliphatic heterocycles. The Kier molecular flexibility index (Phi) is 6.51. The highest BCUT2D eigenvalue weighted by atomic mass is 35.5. The molecule has 2 aromatic rings. The van der Waals surface area contributed by atoms with E-state index in [0.29, 0.717) is 41.8 Å². The molecule has 0 spiro atoms. The van der Waals surface area contributed by atoms with Crippen molar-refractivity contribution < 1.29 is 14.2 Å². The van der Waals surface area contributed by atoms with Gasteiger partial charge in [0.25, 0.3) is 0 Å². The van der Waals surface area contributed by atoms with E-state index in [9.17, 15) is 10.0 Å². The Balaban J connectivity index is 1.96. The van der Waals surface area contributed by atoms with Crippen molar-refractivity contribution in [1.82, 2.24) is 9.97 Å². The molecule has 2 amide bonds. The van der Waals surface area contributed by atoms with E-state index in [4.69, 9.17) is 16.3 Å². The molecule has 0 atom stereocenters. The molecule has 2 N–H and O–H groups in total. The van der Waals surface area contributed by atoms with Gasteiger partial charge in [-0.2, -0.15) is 0 Å². The number of benzene rings is 1. The third-order valence-corrected chi connectivity index (χ3v) is 3.33. The van der Waals surface area contributed by atoms with Crippen molar-refractivity contribution in [2.24, 2.45) is 0 Å². The summed E-state index contributed by atoms with van der Waals surface area (Å²) in [6.07, 6.45) is 5.00. The van der Waals surface area contributed by atoms with Crippen LogP contribution in [-0.2, 0) is 0 Å². The predicted octanol–water partition coefficient (Wildman–Crippen LogP) is 3.12. The second-order valence-electron chi connectivity index (χ2n) is 5.81. The van der Waals surface area contributed by atoms with E-state index in [2.05, 4.69) is 20.6 Å². The molecule has 0 bridgehead atoms. The molecule has 0 unspecified atom stereocenters. The van der Waals surface area contributed by atoms with Gasteiger partial charge in [-0.15, -0.1) is 0 Å². The average molecular weight is 366 g/mol. The lowest BCUT2D eigenvalue weighted by molar-refractivity contribution is -0.840. The van der Waals surface area contributed by atoms with Crippen molar-refractivity contribution in [3.8, 4) is 5.75 Å². The minimum atomic E-state index is -0.495. The van der Waals surface area contributed by atoms with Gasteiger partial charge < -0.3 is 19.9 Å². The Bertz CT molecular complexity index is 707. The number of nitrogens with one attached hydrogen (secondary N) is 2. The summed E-state index contributed by atoms with van der Waals surface area (Å²) < 4.78 is 5.28. The molecule has 1 aromatic carbocycles. The fourth-order valence-corrected chi connectivity index (χ4v) is 2.16. The number of rotatable bonds is 7. The highest BCUT2D eigenvalue weighted by Gasteiger charge is 2.10. The molecule has 1 heterocycles. The summed E-state index contributed by atoms with van der Waals surface area (Å²) in [7, 11) is 3.15. The number of nitrogens with zero attached hydrogens (tertiary/aromatic N) is 3. The highest BCUT2D eigenvalue weighted by Crippen LogP contribution is 2.28. The van der Waals surface area contributed by atoms with Gasteiger partial charge in [0.05, 0.1) is 39.1 Å². The fraction of sp³-hybridized carbons (Fsp3) is 0.312. The van der Waals surface area contributed by atoms with Gasteiger partial charge in [0.1, 0.15) is 5.75 Å². The molecule has 0 radical (unpaired) electrons. The van der Waals surface area contributed by atoms with Gasteiger partial charge in [-0.3, -0.25) is 10.3 Å². The van der Waals surface area contributed by atoms with Crippen molar-refractivity contribution in [1.29, 1.82) is 0 Å². The summed E-state index contributed by atoms with van der Waals surface area (Å²) in [5.74, 6) is 0.787. The number of urea groups is 1. The van der Waals surface area contributed by atoms with Gasteiger partial charge in [-0.25, -0.2) is 9.78 Å². The minimum Gasteiger partial charge on any atom is -0.633 e. The van der Waals surface area contributed by atoms with Crippen molar-refractivity contribution in [3.05, 3.63) is 47.0 Å². The van der Waals surface area contributed by atoms with Crippen LogP contribution < -0.4 is 15.4 Å². The summed E-state index contributed by atoms with van der Waals surface area (Å²) in [6.45, 7) is 0.787. The second-order valence-corrected chi connectivity index (χ2v) is 6.25. The molecule has 0 fully saturated rings. The van der Waals surface area contributed by atoms with Crippen LogP contribution in [0.2, 0.25) is 5.02 Å². The number of hydroxylamine groups is 3. The first-order valence-corrected chi connectivity index (χ1v) is 8.02. The lowest BCUT2D eigenvalue weighted by Gasteiger charge is -2.33. The number of hydrogen-bond donors (Lipinski definition) is 2. The SMILES string of the molecule is C[N+](C)([O-])CCCOc1ccc(Cl)cc1NC(=O)Nc1cnccn1. The van der Waals surface area contributed by atoms with Gasteiger partial charge in [0.15, 0.2) is 5.82 Å². The molecule has 9 heteroatoms. The third-order valence-electron chi connectivity index (χ3n) is 3.09. The normalized spacial score (nSPS) is 11.0. The number of carbonyl (C=O) groups is 1. The molecule has 8 nitrogen and oxygen atoms in total. The van der Waals surface area contributed by atoms with Crippen LogP contribution in [0, 0.1) is 5.21 Å². The van der Waals surface area contributed by atoms with E-state index in [-0.39, 0.29) is 4.65 Å². The number of anilines is 2. The molecular formula is C16H20ClN5O3. The number of quaternary nitrogens is 1. The summed E-state index contributed by atoms with van der Waals surface area (Å²) >= 11 is 5.99.